The molecule has 0 bridgehead atoms. The van der Waals surface area contributed by atoms with Crippen molar-refractivity contribution in [3.05, 3.63) is 77.4 Å². The van der Waals surface area contributed by atoms with Crippen molar-refractivity contribution in [2.75, 3.05) is 12.4 Å². The van der Waals surface area contributed by atoms with Gasteiger partial charge in [-0.05, 0) is 85.1 Å². The Bertz CT molecular complexity index is 1350. The van der Waals surface area contributed by atoms with E-state index in [1.54, 1.807) is 19.2 Å². The molecule has 1 aromatic heterocycles. The molecule has 2 N–H and O–H groups in total. The van der Waals surface area contributed by atoms with Gasteiger partial charge in [-0.3, -0.25) is 10.1 Å². The molecule has 0 saturated carbocycles. The van der Waals surface area contributed by atoms with E-state index in [1.165, 1.54) is 5.56 Å². The summed E-state index contributed by atoms with van der Waals surface area (Å²) < 4.78 is 11.3. The fourth-order valence-corrected chi connectivity index (χ4v) is 3.95. The number of benzene rings is 3. The minimum atomic E-state index is -0.335. The molecule has 0 aliphatic heterocycles. The third-order valence-corrected chi connectivity index (χ3v) is 6.07. The summed E-state index contributed by atoms with van der Waals surface area (Å²) in [6, 6.07) is 19.1. The van der Waals surface area contributed by atoms with E-state index in [0.717, 1.165) is 34.3 Å². The summed E-state index contributed by atoms with van der Waals surface area (Å²) in [6.45, 7) is 6.27. The average Bonchev–Trinajstić information content (AvgIpc) is 3.27. The lowest BCUT2D eigenvalue weighted by molar-refractivity contribution is 0.0974. The van der Waals surface area contributed by atoms with Crippen molar-refractivity contribution in [3.63, 3.8) is 0 Å². The van der Waals surface area contributed by atoms with E-state index in [9.17, 15) is 4.79 Å². The zero-order valence-electron chi connectivity index (χ0n) is 19.6. The van der Waals surface area contributed by atoms with Crippen molar-refractivity contribution in [2.45, 2.75) is 33.1 Å². The van der Waals surface area contributed by atoms with Gasteiger partial charge in [0.15, 0.2) is 10.7 Å². The molecular formula is C27H27N3O3S. The molecule has 174 valence electrons. The smallest absolute Gasteiger partial charge is 0.261 e. The van der Waals surface area contributed by atoms with Gasteiger partial charge in [-0.2, -0.15) is 0 Å². The lowest BCUT2D eigenvalue weighted by Crippen LogP contribution is -2.34. The summed E-state index contributed by atoms with van der Waals surface area (Å²) in [4.78, 5) is 17.3. The van der Waals surface area contributed by atoms with Gasteiger partial charge in [0, 0.05) is 11.3 Å². The summed E-state index contributed by atoms with van der Waals surface area (Å²) in [6.07, 6.45) is 1.07. The van der Waals surface area contributed by atoms with Gasteiger partial charge in [0.1, 0.15) is 11.3 Å². The molecule has 6 nitrogen and oxygen atoms in total. The lowest BCUT2D eigenvalue weighted by Gasteiger charge is -2.13. The molecule has 34 heavy (non-hydrogen) atoms. The number of methoxy groups -OCH3 is 1. The van der Waals surface area contributed by atoms with Gasteiger partial charge in [-0.15, -0.1) is 0 Å². The molecule has 0 radical (unpaired) electrons. The van der Waals surface area contributed by atoms with Crippen LogP contribution in [-0.2, 0) is 0 Å². The van der Waals surface area contributed by atoms with Crippen LogP contribution in [0.4, 0.5) is 5.69 Å². The number of nitrogens with one attached hydrogen (secondary N) is 2. The average molecular weight is 474 g/mol. The van der Waals surface area contributed by atoms with Crippen molar-refractivity contribution in [1.29, 1.82) is 0 Å². The number of amides is 1. The third kappa shape index (κ3) is 4.94. The topological polar surface area (TPSA) is 76.4 Å². The normalized spacial score (nSPS) is 11.8. The number of oxazole rings is 1. The monoisotopic (exact) mass is 473 g/mol. The van der Waals surface area contributed by atoms with Crippen LogP contribution in [0.25, 0.3) is 22.6 Å². The van der Waals surface area contributed by atoms with Crippen LogP contribution < -0.4 is 15.4 Å². The summed E-state index contributed by atoms with van der Waals surface area (Å²) in [7, 11) is 1.54. The van der Waals surface area contributed by atoms with E-state index >= 15 is 0 Å². The molecule has 0 fully saturated rings. The Morgan fingerprint density at radius 3 is 2.62 bits per heavy atom. The van der Waals surface area contributed by atoms with Crippen LogP contribution in [-0.4, -0.2) is 23.1 Å². The highest BCUT2D eigenvalue weighted by atomic mass is 32.1. The third-order valence-electron chi connectivity index (χ3n) is 5.87. The number of nitrogens with zero attached hydrogens (tertiary/aromatic N) is 1. The number of aryl methyl sites for hydroxylation is 1. The van der Waals surface area contributed by atoms with Crippen molar-refractivity contribution < 1.29 is 13.9 Å². The minimum Gasteiger partial charge on any atom is -0.496 e. The van der Waals surface area contributed by atoms with Gasteiger partial charge in [0.25, 0.3) is 5.91 Å². The van der Waals surface area contributed by atoms with E-state index in [-0.39, 0.29) is 11.0 Å². The van der Waals surface area contributed by atoms with Crippen LogP contribution in [0.5, 0.6) is 5.75 Å². The Labute approximate surface area is 204 Å². The molecule has 7 heteroatoms. The molecule has 0 unspecified atom stereocenters. The van der Waals surface area contributed by atoms with Crippen molar-refractivity contribution in [2.24, 2.45) is 0 Å². The van der Waals surface area contributed by atoms with Crippen LogP contribution >= 0.6 is 12.2 Å². The fourth-order valence-electron chi connectivity index (χ4n) is 3.74. The van der Waals surface area contributed by atoms with Crippen LogP contribution in [0.3, 0.4) is 0 Å². The molecule has 4 aromatic rings. The summed E-state index contributed by atoms with van der Waals surface area (Å²) in [5.41, 5.74) is 5.76. The van der Waals surface area contributed by atoms with Crippen molar-refractivity contribution >= 4 is 40.0 Å². The van der Waals surface area contributed by atoms with Gasteiger partial charge in [0.05, 0.1) is 12.7 Å². The lowest BCUT2D eigenvalue weighted by atomic mass is 9.98. The highest BCUT2D eigenvalue weighted by Crippen LogP contribution is 2.28. The summed E-state index contributed by atoms with van der Waals surface area (Å²) >= 11 is 5.32. The van der Waals surface area contributed by atoms with Gasteiger partial charge in [0.2, 0.25) is 5.89 Å². The number of carbonyl (C=O) groups excluding carboxylic acids is 1. The molecule has 1 atom stereocenters. The van der Waals surface area contributed by atoms with Gasteiger partial charge in [-0.25, -0.2) is 4.98 Å². The van der Waals surface area contributed by atoms with Crippen LogP contribution in [0.2, 0.25) is 0 Å². The Morgan fingerprint density at radius 2 is 1.91 bits per heavy atom. The maximum atomic E-state index is 12.6. The number of fused-ring (bicyclic) bond motifs is 1. The first kappa shape index (κ1) is 23.4. The van der Waals surface area contributed by atoms with Crippen LogP contribution in [0.15, 0.2) is 65.1 Å². The first-order valence-corrected chi connectivity index (χ1v) is 11.6. The predicted octanol–water partition coefficient (Wildman–Crippen LogP) is 6.45. The Morgan fingerprint density at radius 1 is 1.15 bits per heavy atom. The van der Waals surface area contributed by atoms with Crippen molar-refractivity contribution in [1.82, 2.24) is 10.3 Å². The minimum absolute atomic E-state index is 0.195. The number of thiocarbonyl (C=S) groups is 1. The molecule has 1 heterocycles. The van der Waals surface area contributed by atoms with Crippen molar-refractivity contribution in [3.8, 4) is 17.2 Å². The first-order chi connectivity index (χ1) is 16.4. The molecule has 3 aromatic carbocycles. The molecule has 0 aliphatic rings. The number of para-hydroxylation sites is 1. The number of hydrogen-bond donors (Lipinski definition) is 2. The summed E-state index contributed by atoms with van der Waals surface area (Å²) in [5.74, 6) is 1.23. The molecular weight excluding hydrogens is 446 g/mol. The zero-order chi connectivity index (χ0) is 24.2. The number of rotatable bonds is 6. The number of carbonyl (C=O) groups is 1. The number of ether oxygens (including phenoxy) is 1. The van der Waals surface area contributed by atoms with Crippen LogP contribution in [0, 0.1) is 6.92 Å². The number of hydrogen-bond acceptors (Lipinski definition) is 5. The maximum Gasteiger partial charge on any atom is 0.261 e. The van der Waals surface area contributed by atoms with E-state index < -0.39 is 0 Å². The predicted molar refractivity (Wildman–Crippen MR) is 140 cm³/mol. The SMILES string of the molecule is CC[C@@H](C)c1ccc2oc(-c3ccc(NC(=S)NC(=O)c4cccc(C)c4OC)cc3)nc2c1. The standard InChI is InChI=1S/C27H27N3O3S/c1-5-16(2)19-11-14-23-22(15-19)29-26(33-23)18-9-12-20(13-10-18)28-27(34)30-25(31)21-8-6-7-17(3)24(21)32-4/h6-16H,5H2,1-4H3,(H2,28,30,31,34)/t16-/m1/s1. The Hall–Kier alpha value is -3.71. The number of anilines is 1. The second kappa shape index (κ2) is 10.1. The molecule has 0 aliphatic carbocycles. The molecule has 0 spiro atoms. The Balaban J connectivity index is 1.44. The van der Waals surface area contributed by atoms with Gasteiger partial charge in [-0.1, -0.05) is 32.0 Å². The van der Waals surface area contributed by atoms with E-state index in [1.807, 2.05) is 43.3 Å². The summed E-state index contributed by atoms with van der Waals surface area (Å²) in [5, 5.41) is 5.93. The second-order valence-electron chi connectivity index (χ2n) is 8.20. The molecule has 4 rings (SSSR count). The molecule has 1 amide bonds. The quantitative estimate of drug-likeness (QED) is 0.313. The second-order valence-corrected chi connectivity index (χ2v) is 8.61. The van der Waals surface area contributed by atoms with E-state index in [2.05, 4.69) is 41.6 Å². The highest BCUT2D eigenvalue weighted by Gasteiger charge is 2.15. The zero-order valence-corrected chi connectivity index (χ0v) is 20.5. The molecule has 0 saturated heterocycles. The highest BCUT2D eigenvalue weighted by molar-refractivity contribution is 7.80. The first-order valence-electron chi connectivity index (χ1n) is 11.2. The van der Waals surface area contributed by atoms with Crippen LogP contribution in [0.1, 0.15) is 47.7 Å². The fraction of sp³-hybridized carbons (Fsp3) is 0.222. The van der Waals surface area contributed by atoms with E-state index in [0.29, 0.717) is 23.1 Å². The van der Waals surface area contributed by atoms with E-state index in [4.69, 9.17) is 21.4 Å². The maximum absolute atomic E-state index is 12.6. The van der Waals surface area contributed by atoms with Gasteiger partial charge >= 0.3 is 0 Å². The van der Waals surface area contributed by atoms with Gasteiger partial charge < -0.3 is 14.5 Å². The number of aromatic nitrogens is 1. The Kier molecular flexibility index (Phi) is 6.93. The largest absolute Gasteiger partial charge is 0.496 e.